The number of nitrogens with one attached hydrogen (secondary N) is 2. The van der Waals surface area contributed by atoms with E-state index >= 15 is 0 Å². The molecule has 0 spiro atoms. The lowest BCUT2D eigenvalue weighted by molar-refractivity contribution is -0.140. The number of carbonyl (C=O) groups is 3. The molecule has 0 bridgehead atoms. The fourth-order valence-electron chi connectivity index (χ4n) is 0.930. The molecule has 8 nitrogen and oxygen atoms in total. The zero-order valence-electron chi connectivity index (χ0n) is 9.73. The van der Waals surface area contributed by atoms with Crippen LogP contribution in [0.3, 0.4) is 0 Å². The monoisotopic (exact) mass is 247 g/mol. The molecule has 0 aliphatic rings. The molecule has 1 unspecified atom stereocenters. The number of rotatable bonds is 7. The SMILES string of the molecule is COC(C)CNC(=O)N[C@@H](CC(N)=O)C(=O)O. The van der Waals surface area contributed by atoms with Crippen LogP contribution in [0.25, 0.3) is 0 Å². The second-order valence-corrected chi connectivity index (χ2v) is 3.46. The minimum absolute atomic E-state index is 0.194. The quantitative estimate of drug-likeness (QED) is 0.441. The number of carbonyl (C=O) groups excluding carboxylic acids is 2. The van der Waals surface area contributed by atoms with E-state index in [-0.39, 0.29) is 12.6 Å². The van der Waals surface area contributed by atoms with Gasteiger partial charge in [0, 0.05) is 13.7 Å². The molecule has 3 amide bonds. The Morgan fingerprint density at radius 1 is 1.41 bits per heavy atom. The van der Waals surface area contributed by atoms with Gasteiger partial charge in [-0.15, -0.1) is 0 Å². The van der Waals surface area contributed by atoms with Gasteiger partial charge in [-0.05, 0) is 6.92 Å². The van der Waals surface area contributed by atoms with E-state index in [0.29, 0.717) is 0 Å². The average molecular weight is 247 g/mol. The number of aliphatic carboxylic acids is 1. The van der Waals surface area contributed by atoms with Crippen molar-refractivity contribution in [2.24, 2.45) is 5.73 Å². The van der Waals surface area contributed by atoms with Crippen molar-refractivity contribution < 1.29 is 24.2 Å². The molecule has 98 valence electrons. The van der Waals surface area contributed by atoms with E-state index in [1.165, 1.54) is 7.11 Å². The first-order valence-electron chi connectivity index (χ1n) is 4.95. The zero-order valence-corrected chi connectivity index (χ0v) is 9.73. The van der Waals surface area contributed by atoms with Gasteiger partial charge in [0.25, 0.3) is 0 Å². The predicted octanol–water partition coefficient (Wildman–Crippen LogP) is -1.35. The summed E-state index contributed by atoms with van der Waals surface area (Å²) in [6.45, 7) is 1.96. The maximum absolute atomic E-state index is 11.3. The van der Waals surface area contributed by atoms with E-state index in [2.05, 4.69) is 10.6 Å². The number of carboxylic acid groups (broad SMARTS) is 1. The standard InChI is InChI=1S/C9H17N3O5/c1-5(17-2)4-11-9(16)12-6(8(14)15)3-7(10)13/h5-6H,3-4H2,1-2H3,(H2,10,13)(H,14,15)(H2,11,12,16)/t5?,6-/m0/s1. The second kappa shape index (κ2) is 7.44. The molecule has 2 atom stereocenters. The molecular weight excluding hydrogens is 230 g/mol. The molecule has 0 radical (unpaired) electrons. The van der Waals surface area contributed by atoms with Crippen molar-refractivity contribution in [1.82, 2.24) is 10.6 Å². The third-order valence-electron chi connectivity index (χ3n) is 1.96. The minimum atomic E-state index is -1.33. The van der Waals surface area contributed by atoms with Crippen molar-refractivity contribution in [2.45, 2.75) is 25.5 Å². The Bertz CT molecular complexity index is 294. The van der Waals surface area contributed by atoms with Crippen molar-refractivity contribution in [1.29, 1.82) is 0 Å². The smallest absolute Gasteiger partial charge is 0.326 e. The van der Waals surface area contributed by atoms with Crippen molar-refractivity contribution in [3.63, 3.8) is 0 Å². The molecule has 5 N–H and O–H groups in total. The van der Waals surface area contributed by atoms with Gasteiger partial charge in [-0.25, -0.2) is 9.59 Å². The number of carboxylic acids is 1. The number of primary amides is 1. The van der Waals surface area contributed by atoms with E-state index in [9.17, 15) is 14.4 Å². The van der Waals surface area contributed by atoms with Gasteiger partial charge in [-0.1, -0.05) is 0 Å². The Morgan fingerprint density at radius 3 is 2.41 bits per heavy atom. The normalized spacial score (nSPS) is 13.5. The highest BCUT2D eigenvalue weighted by molar-refractivity contribution is 5.87. The number of amides is 3. The summed E-state index contributed by atoms with van der Waals surface area (Å²) >= 11 is 0. The van der Waals surface area contributed by atoms with Crippen LogP contribution in [0.15, 0.2) is 0 Å². The Labute approximate surface area is 98.5 Å². The summed E-state index contributed by atoms with van der Waals surface area (Å²) in [5.41, 5.74) is 4.86. The van der Waals surface area contributed by atoms with Crippen LogP contribution in [0.4, 0.5) is 4.79 Å². The predicted molar refractivity (Wildman–Crippen MR) is 58.2 cm³/mol. The topological polar surface area (TPSA) is 131 Å². The first-order chi connectivity index (χ1) is 7.86. The molecule has 0 aromatic heterocycles. The summed E-state index contributed by atoms with van der Waals surface area (Å²) < 4.78 is 4.88. The first kappa shape index (κ1) is 15.2. The van der Waals surface area contributed by atoms with Crippen LogP contribution in [0.5, 0.6) is 0 Å². The molecular formula is C9H17N3O5. The summed E-state index contributed by atoms with van der Waals surface area (Å²) in [7, 11) is 1.48. The van der Waals surface area contributed by atoms with E-state index in [1.807, 2.05) is 0 Å². The molecule has 0 aliphatic heterocycles. The molecule has 0 fully saturated rings. The van der Waals surface area contributed by atoms with E-state index in [4.69, 9.17) is 15.6 Å². The Balaban J connectivity index is 4.13. The number of methoxy groups -OCH3 is 1. The van der Waals surface area contributed by atoms with Crippen molar-refractivity contribution in [3.05, 3.63) is 0 Å². The molecule has 0 heterocycles. The highest BCUT2D eigenvalue weighted by atomic mass is 16.5. The number of nitrogens with two attached hydrogens (primary N) is 1. The lowest BCUT2D eigenvalue weighted by Crippen LogP contribution is -2.48. The van der Waals surface area contributed by atoms with E-state index in [1.54, 1.807) is 6.92 Å². The van der Waals surface area contributed by atoms with Gasteiger partial charge < -0.3 is 26.2 Å². The molecule has 8 heteroatoms. The largest absolute Gasteiger partial charge is 0.480 e. The molecule has 0 aromatic carbocycles. The highest BCUT2D eigenvalue weighted by Crippen LogP contribution is 1.92. The third kappa shape index (κ3) is 7.12. The number of urea groups is 1. The van der Waals surface area contributed by atoms with Gasteiger partial charge in [0.15, 0.2) is 0 Å². The maximum Gasteiger partial charge on any atom is 0.326 e. The van der Waals surface area contributed by atoms with Gasteiger partial charge in [-0.3, -0.25) is 4.79 Å². The van der Waals surface area contributed by atoms with Gasteiger partial charge >= 0.3 is 12.0 Å². The van der Waals surface area contributed by atoms with E-state index in [0.717, 1.165) is 0 Å². The number of ether oxygens (including phenoxy) is 1. The van der Waals surface area contributed by atoms with Crippen LogP contribution in [0.1, 0.15) is 13.3 Å². The molecule has 0 rings (SSSR count). The molecule has 17 heavy (non-hydrogen) atoms. The second-order valence-electron chi connectivity index (χ2n) is 3.46. The fourth-order valence-corrected chi connectivity index (χ4v) is 0.930. The van der Waals surface area contributed by atoms with Crippen LogP contribution in [-0.2, 0) is 14.3 Å². The summed E-state index contributed by atoms with van der Waals surface area (Å²) in [6, 6.07) is -2.02. The summed E-state index contributed by atoms with van der Waals surface area (Å²) in [5, 5.41) is 13.2. The zero-order chi connectivity index (χ0) is 13.4. The molecule has 0 aliphatic carbocycles. The van der Waals surface area contributed by atoms with E-state index < -0.39 is 30.4 Å². The van der Waals surface area contributed by atoms with Crippen LogP contribution >= 0.6 is 0 Å². The molecule has 0 saturated carbocycles. The van der Waals surface area contributed by atoms with Gasteiger partial charge in [0.1, 0.15) is 6.04 Å². The Hall–Kier alpha value is -1.83. The maximum atomic E-state index is 11.3. The Kier molecular flexibility index (Phi) is 6.64. The summed E-state index contributed by atoms with van der Waals surface area (Å²) in [5.74, 6) is -2.12. The average Bonchev–Trinajstić information content (AvgIpc) is 2.24. The van der Waals surface area contributed by atoms with Crippen molar-refractivity contribution in [2.75, 3.05) is 13.7 Å². The van der Waals surface area contributed by atoms with Crippen LogP contribution in [0, 0.1) is 0 Å². The number of hydrogen-bond donors (Lipinski definition) is 4. The van der Waals surface area contributed by atoms with Crippen LogP contribution < -0.4 is 16.4 Å². The highest BCUT2D eigenvalue weighted by Gasteiger charge is 2.21. The Morgan fingerprint density at radius 2 is 2.00 bits per heavy atom. The van der Waals surface area contributed by atoms with Crippen LogP contribution in [0.2, 0.25) is 0 Å². The molecule has 0 saturated heterocycles. The lowest BCUT2D eigenvalue weighted by atomic mass is 10.2. The van der Waals surface area contributed by atoms with Gasteiger partial charge in [0.05, 0.1) is 12.5 Å². The van der Waals surface area contributed by atoms with Gasteiger partial charge in [0.2, 0.25) is 5.91 Å². The number of hydrogen-bond acceptors (Lipinski definition) is 4. The first-order valence-corrected chi connectivity index (χ1v) is 4.95. The summed E-state index contributed by atoms with van der Waals surface area (Å²) in [6.07, 6.45) is -0.650. The van der Waals surface area contributed by atoms with Gasteiger partial charge in [-0.2, -0.15) is 0 Å². The van der Waals surface area contributed by atoms with Crippen molar-refractivity contribution >= 4 is 17.9 Å². The third-order valence-corrected chi connectivity index (χ3v) is 1.96. The van der Waals surface area contributed by atoms with Crippen LogP contribution in [-0.4, -0.2) is 48.8 Å². The lowest BCUT2D eigenvalue weighted by Gasteiger charge is -2.15. The minimum Gasteiger partial charge on any atom is -0.480 e. The fraction of sp³-hybridized carbons (Fsp3) is 0.667. The summed E-state index contributed by atoms with van der Waals surface area (Å²) in [4.78, 5) is 32.5. The molecule has 0 aromatic rings. The van der Waals surface area contributed by atoms with Crippen molar-refractivity contribution in [3.8, 4) is 0 Å².